The van der Waals surface area contributed by atoms with E-state index in [1.54, 1.807) is 6.92 Å². The van der Waals surface area contributed by atoms with Gasteiger partial charge in [0.25, 0.3) is 5.91 Å². The van der Waals surface area contributed by atoms with Crippen LogP contribution in [0, 0.1) is 23.7 Å². The van der Waals surface area contributed by atoms with Crippen molar-refractivity contribution < 1.29 is 19.6 Å². The average Bonchev–Trinajstić information content (AvgIpc) is 3.67. The van der Waals surface area contributed by atoms with Crippen LogP contribution in [-0.2, 0) is 16.0 Å². The van der Waals surface area contributed by atoms with E-state index in [1.165, 1.54) is 37.7 Å². The lowest BCUT2D eigenvalue weighted by molar-refractivity contribution is -0.138. The summed E-state index contributed by atoms with van der Waals surface area (Å²) in [6.45, 7) is 12.7. The molecule has 5 nitrogen and oxygen atoms in total. The van der Waals surface area contributed by atoms with Crippen LogP contribution in [0.4, 0.5) is 0 Å². The lowest BCUT2D eigenvalue weighted by Crippen LogP contribution is -2.29. The lowest BCUT2D eigenvalue weighted by atomic mass is 10.1. The van der Waals surface area contributed by atoms with E-state index in [0.717, 1.165) is 35.4 Å². The standard InChI is InChI=1S/C19H18O.C5H9NO3.C4H8.C2H6/c1-3-4-16-5-7-17(8-6-16)9-10-18-11-13-19(14-12-18)15(2)20;1-3(4(2)7)5(8)6-9;1-4-2-3-4;1-2/h5-8,11-14H,3-4H2,1-2H3;3,9H,1-2H3,(H,6,8);4H,2-3H2,1H3;1-2H3. The fourth-order valence-electron chi connectivity index (χ4n) is 2.42. The van der Waals surface area contributed by atoms with Crippen LogP contribution in [-0.4, -0.2) is 22.7 Å². The molecule has 0 heterocycles. The van der Waals surface area contributed by atoms with Gasteiger partial charge in [-0.05, 0) is 62.9 Å². The second kappa shape index (κ2) is 18.1. The van der Waals surface area contributed by atoms with Crippen molar-refractivity contribution in [3.8, 4) is 11.8 Å². The van der Waals surface area contributed by atoms with Gasteiger partial charge in [-0.15, -0.1) is 0 Å². The largest absolute Gasteiger partial charge is 0.299 e. The molecule has 0 radical (unpaired) electrons. The van der Waals surface area contributed by atoms with Crippen molar-refractivity contribution in [2.24, 2.45) is 11.8 Å². The molecule has 0 spiro atoms. The van der Waals surface area contributed by atoms with Crippen LogP contribution >= 0.6 is 0 Å². The van der Waals surface area contributed by atoms with Crippen LogP contribution < -0.4 is 5.48 Å². The third-order valence-corrected chi connectivity index (χ3v) is 5.11. The summed E-state index contributed by atoms with van der Waals surface area (Å²) in [5.74, 6) is 5.74. The molecule has 190 valence electrons. The molecule has 0 aromatic heterocycles. The average molecular weight is 480 g/mol. The molecule has 1 atom stereocenters. The number of ketones is 2. The summed E-state index contributed by atoms with van der Waals surface area (Å²) in [5, 5.41) is 8.00. The molecule has 1 aliphatic rings. The van der Waals surface area contributed by atoms with Gasteiger partial charge in [0, 0.05) is 16.7 Å². The summed E-state index contributed by atoms with van der Waals surface area (Å²) in [7, 11) is 0. The number of amides is 1. The smallest absolute Gasteiger partial charge is 0.253 e. The Hall–Kier alpha value is -3.23. The van der Waals surface area contributed by atoms with Crippen molar-refractivity contribution in [1.29, 1.82) is 0 Å². The highest BCUT2D eigenvalue weighted by Crippen LogP contribution is 2.26. The maximum absolute atomic E-state index is 11.2. The van der Waals surface area contributed by atoms with E-state index in [2.05, 4.69) is 50.0 Å². The van der Waals surface area contributed by atoms with Gasteiger partial charge in [-0.1, -0.05) is 83.1 Å². The van der Waals surface area contributed by atoms with Gasteiger partial charge in [0.05, 0.1) is 5.92 Å². The summed E-state index contributed by atoms with van der Waals surface area (Å²) in [6.07, 6.45) is 5.24. The molecule has 2 aromatic carbocycles. The van der Waals surface area contributed by atoms with Gasteiger partial charge in [-0.3, -0.25) is 19.6 Å². The van der Waals surface area contributed by atoms with Crippen LogP contribution in [0.1, 0.15) is 94.8 Å². The quantitative estimate of drug-likeness (QED) is 0.171. The first-order valence-electron chi connectivity index (χ1n) is 12.3. The Kier molecular flexibility index (Phi) is 16.5. The number of Topliss-reactive ketones (excluding diaryl/α,β-unsaturated/α-hetero) is 2. The number of benzene rings is 2. The number of rotatable bonds is 5. The van der Waals surface area contributed by atoms with Gasteiger partial charge in [0.15, 0.2) is 5.78 Å². The molecule has 35 heavy (non-hydrogen) atoms. The minimum Gasteiger partial charge on any atom is -0.299 e. The molecule has 0 saturated heterocycles. The molecular formula is C30H41NO4. The highest BCUT2D eigenvalue weighted by molar-refractivity contribution is 5.99. The minimum absolute atomic E-state index is 0.0797. The van der Waals surface area contributed by atoms with E-state index < -0.39 is 11.8 Å². The molecule has 0 aliphatic heterocycles. The van der Waals surface area contributed by atoms with Crippen LogP contribution in [0.25, 0.3) is 0 Å². The van der Waals surface area contributed by atoms with Crippen LogP contribution in [0.3, 0.4) is 0 Å². The van der Waals surface area contributed by atoms with Gasteiger partial charge in [0.1, 0.15) is 5.78 Å². The topological polar surface area (TPSA) is 83.5 Å². The first-order chi connectivity index (χ1) is 16.7. The zero-order valence-electron chi connectivity index (χ0n) is 22.3. The molecule has 0 bridgehead atoms. The highest BCUT2D eigenvalue weighted by atomic mass is 16.5. The van der Waals surface area contributed by atoms with Crippen LogP contribution in [0.15, 0.2) is 48.5 Å². The van der Waals surface area contributed by atoms with Crippen LogP contribution in [0.5, 0.6) is 0 Å². The number of hydroxylamine groups is 1. The third-order valence-electron chi connectivity index (χ3n) is 5.11. The van der Waals surface area contributed by atoms with Crippen molar-refractivity contribution in [1.82, 2.24) is 5.48 Å². The van der Waals surface area contributed by atoms with Crippen molar-refractivity contribution in [3.05, 3.63) is 70.8 Å². The van der Waals surface area contributed by atoms with Crippen molar-refractivity contribution in [2.45, 2.75) is 74.1 Å². The Morgan fingerprint density at radius 2 is 1.37 bits per heavy atom. The van der Waals surface area contributed by atoms with Gasteiger partial charge in [-0.2, -0.15) is 0 Å². The van der Waals surface area contributed by atoms with Crippen molar-refractivity contribution >= 4 is 17.5 Å². The Balaban J connectivity index is 0.000000635. The summed E-state index contributed by atoms with van der Waals surface area (Å²) in [5.41, 5.74) is 5.40. The summed E-state index contributed by atoms with van der Waals surface area (Å²) >= 11 is 0. The lowest BCUT2D eigenvalue weighted by Gasteiger charge is -2.01. The van der Waals surface area contributed by atoms with Crippen LogP contribution in [0.2, 0.25) is 0 Å². The van der Waals surface area contributed by atoms with E-state index in [4.69, 9.17) is 5.21 Å². The Morgan fingerprint density at radius 1 is 0.943 bits per heavy atom. The predicted molar refractivity (Wildman–Crippen MR) is 142 cm³/mol. The second-order valence-electron chi connectivity index (χ2n) is 8.32. The molecule has 3 rings (SSSR count). The fourth-order valence-corrected chi connectivity index (χ4v) is 2.42. The number of carbonyl (C=O) groups is 3. The number of carbonyl (C=O) groups excluding carboxylic acids is 3. The number of hydrogen-bond donors (Lipinski definition) is 2. The van der Waals surface area contributed by atoms with Gasteiger partial charge >= 0.3 is 0 Å². The SMILES string of the molecule is CC.CC(=O)C(C)C(=O)NO.CC1CC1.CCCc1ccc(C#Cc2ccc(C(C)=O)cc2)cc1. The van der Waals surface area contributed by atoms with E-state index >= 15 is 0 Å². The third kappa shape index (κ3) is 14.6. The van der Waals surface area contributed by atoms with Crippen molar-refractivity contribution in [2.75, 3.05) is 0 Å². The van der Waals surface area contributed by atoms with E-state index in [-0.39, 0.29) is 11.6 Å². The van der Waals surface area contributed by atoms with Crippen molar-refractivity contribution in [3.63, 3.8) is 0 Å². The Morgan fingerprint density at radius 3 is 1.66 bits per heavy atom. The second-order valence-corrected chi connectivity index (χ2v) is 8.32. The maximum Gasteiger partial charge on any atom is 0.253 e. The van der Waals surface area contributed by atoms with Gasteiger partial charge in [-0.25, -0.2) is 5.48 Å². The summed E-state index contributed by atoms with van der Waals surface area (Å²) in [4.78, 5) is 31.9. The zero-order valence-corrected chi connectivity index (χ0v) is 22.3. The molecule has 1 aliphatic carbocycles. The Labute approximate surface area is 211 Å². The van der Waals surface area contributed by atoms with E-state index in [0.29, 0.717) is 0 Å². The first kappa shape index (κ1) is 31.8. The minimum atomic E-state index is -0.755. The van der Waals surface area contributed by atoms with Gasteiger partial charge in [0.2, 0.25) is 0 Å². The predicted octanol–water partition coefficient (Wildman–Crippen LogP) is 6.40. The first-order valence-corrected chi connectivity index (χ1v) is 12.3. The molecule has 1 unspecified atom stereocenters. The molecule has 1 amide bonds. The molecule has 2 N–H and O–H groups in total. The normalized spacial score (nSPS) is 11.9. The zero-order chi connectivity index (χ0) is 26.8. The molecular weight excluding hydrogens is 438 g/mol. The number of aryl methyl sites for hydroxylation is 1. The Bertz CT molecular complexity index is 962. The van der Waals surface area contributed by atoms with Gasteiger partial charge < -0.3 is 0 Å². The maximum atomic E-state index is 11.2. The number of nitrogens with one attached hydrogen (secondary N) is 1. The monoisotopic (exact) mass is 479 g/mol. The highest BCUT2D eigenvalue weighted by Gasteiger charge is 2.15. The number of hydrogen-bond acceptors (Lipinski definition) is 4. The summed E-state index contributed by atoms with van der Waals surface area (Å²) < 4.78 is 0. The molecule has 5 heteroatoms. The summed E-state index contributed by atoms with van der Waals surface area (Å²) in [6, 6.07) is 15.8. The molecule has 2 aromatic rings. The fraction of sp³-hybridized carbons (Fsp3) is 0.433. The van der Waals surface area contributed by atoms with E-state index in [1.807, 2.05) is 38.1 Å². The molecule has 1 saturated carbocycles. The van der Waals surface area contributed by atoms with E-state index in [9.17, 15) is 14.4 Å². The molecule has 1 fully saturated rings.